The lowest BCUT2D eigenvalue weighted by Gasteiger charge is -1.96. The highest BCUT2D eigenvalue weighted by Gasteiger charge is 2.09. The lowest BCUT2D eigenvalue weighted by Crippen LogP contribution is -2.07. The van der Waals surface area contributed by atoms with Gasteiger partial charge in [0.1, 0.15) is 5.38 Å². The molecule has 0 radical (unpaired) electrons. The predicted molar refractivity (Wildman–Crippen MR) is 38.9 cm³/mol. The molecule has 0 rings (SSSR count). The van der Waals surface area contributed by atoms with Crippen molar-refractivity contribution < 1.29 is 4.79 Å². The Morgan fingerprint density at radius 2 is 2.25 bits per heavy atom. The molecule has 8 heavy (non-hydrogen) atoms. The van der Waals surface area contributed by atoms with Gasteiger partial charge in [-0.1, -0.05) is 15.9 Å². The zero-order chi connectivity index (χ0) is 6.57. The molecule has 0 aromatic rings. The van der Waals surface area contributed by atoms with Crippen molar-refractivity contribution in [2.75, 3.05) is 5.33 Å². The van der Waals surface area contributed by atoms with Crippen LogP contribution in [-0.4, -0.2) is 15.9 Å². The number of alkyl halides is 2. The number of carbonyl (C=O) groups is 1. The molecular weight excluding hydrogens is 215 g/mol. The summed E-state index contributed by atoms with van der Waals surface area (Å²) >= 11 is 13.5. The van der Waals surface area contributed by atoms with E-state index >= 15 is 0 Å². The lowest BCUT2D eigenvalue weighted by atomic mass is 10.4. The highest BCUT2D eigenvalue weighted by Crippen LogP contribution is 2.07. The summed E-state index contributed by atoms with van der Waals surface area (Å²) in [5, 5.41) is -0.304. The molecule has 0 aliphatic rings. The van der Waals surface area contributed by atoms with E-state index in [1.54, 1.807) is 0 Å². The summed E-state index contributed by atoms with van der Waals surface area (Å²) < 4.78 is 0. The average molecular weight is 220 g/mol. The summed E-state index contributed by atoms with van der Waals surface area (Å²) in [5.74, 6) is 0. The molecule has 0 amide bonds. The van der Waals surface area contributed by atoms with Crippen LogP contribution in [0, 0.1) is 0 Å². The molecule has 0 saturated carbocycles. The summed E-state index contributed by atoms with van der Waals surface area (Å²) in [7, 11) is 0. The van der Waals surface area contributed by atoms with Crippen LogP contribution in [0.15, 0.2) is 0 Å². The Hall–Kier alpha value is 0.730. The highest BCUT2D eigenvalue weighted by molar-refractivity contribution is 9.09. The van der Waals surface area contributed by atoms with E-state index in [0.717, 1.165) is 0 Å². The van der Waals surface area contributed by atoms with Crippen molar-refractivity contribution in [2.45, 2.75) is 11.8 Å². The second kappa shape index (κ2) is 4.59. The van der Waals surface area contributed by atoms with Gasteiger partial charge in [0.25, 0.3) is 0 Å². The van der Waals surface area contributed by atoms with Crippen LogP contribution in [0.4, 0.5) is 0 Å². The van der Waals surface area contributed by atoms with Crippen LogP contribution in [0.5, 0.6) is 0 Å². The average Bonchev–Trinajstić information content (AvgIpc) is 1.67. The van der Waals surface area contributed by atoms with Gasteiger partial charge < -0.3 is 0 Å². The quantitative estimate of drug-likeness (QED) is 0.525. The van der Waals surface area contributed by atoms with Gasteiger partial charge in [0.05, 0.1) is 0 Å². The largest absolute Gasteiger partial charge is 0.280 e. The Morgan fingerprint density at radius 1 is 1.75 bits per heavy atom. The van der Waals surface area contributed by atoms with E-state index in [1.165, 1.54) is 0 Å². The molecule has 1 nitrogen and oxygen atoms in total. The van der Waals surface area contributed by atoms with Crippen LogP contribution < -0.4 is 0 Å². The zero-order valence-corrected chi connectivity index (χ0v) is 7.13. The van der Waals surface area contributed by atoms with Crippen LogP contribution in [0.3, 0.4) is 0 Å². The third-order valence-corrected chi connectivity index (χ3v) is 1.86. The van der Waals surface area contributed by atoms with Gasteiger partial charge in [-0.3, -0.25) is 4.79 Å². The molecule has 0 fully saturated rings. The van der Waals surface area contributed by atoms with Gasteiger partial charge in [-0.25, -0.2) is 0 Å². The highest BCUT2D eigenvalue weighted by atomic mass is 79.9. The van der Waals surface area contributed by atoms with Gasteiger partial charge in [0.2, 0.25) is 5.24 Å². The minimum absolute atomic E-state index is 0.480. The van der Waals surface area contributed by atoms with Gasteiger partial charge in [0.15, 0.2) is 0 Å². The molecule has 0 aromatic heterocycles. The van der Waals surface area contributed by atoms with E-state index in [1.807, 2.05) is 0 Å². The molecule has 0 bridgehead atoms. The van der Waals surface area contributed by atoms with Gasteiger partial charge in [-0.05, 0) is 18.0 Å². The SMILES string of the molecule is O=C(Cl)C(Cl)CCBr. The number of halogens is 3. The van der Waals surface area contributed by atoms with E-state index in [2.05, 4.69) is 15.9 Å². The fourth-order valence-corrected chi connectivity index (χ4v) is 1.15. The van der Waals surface area contributed by atoms with E-state index in [-0.39, 0.29) is 0 Å². The van der Waals surface area contributed by atoms with Crippen molar-refractivity contribution in [1.29, 1.82) is 0 Å². The first kappa shape index (κ1) is 8.73. The van der Waals surface area contributed by atoms with Crippen LogP contribution in [0.1, 0.15) is 6.42 Å². The lowest BCUT2D eigenvalue weighted by molar-refractivity contribution is -0.111. The summed E-state index contributed by atoms with van der Waals surface area (Å²) in [6.45, 7) is 0. The molecular formula is C4H5BrCl2O. The van der Waals surface area contributed by atoms with E-state index < -0.39 is 10.6 Å². The maximum Gasteiger partial charge on any atom is 0.239 e. The van der Waals surface area contributed by atoms with Crippen molar-refractivity contribution in [3.8, 4) is 0 Å². The number of hydrogen-bond acceptors (Lipinski definition) is 1. The fraction of sp³-hybridized carbons (Fsp3) is 0.750. The van der Waals surface area contributed by atoms with E-state index in [9.17, 15) is 4.79 Å². The van der Waals surface area contributed by atoms with Gasteiger partial charge in [0, 0.05) is 5.33 Å². The first-order valence-electron chi connectivity index (χ1n) is 2.08. The number of rotatable bonds is 3. The minimum Gasteiger partial charge on any atom is -0.280 e. The van der Waals surface area contributed by atoms with E-state index in [4.69, 9.17) is 23.2 Å². The Kier molecular flexibility index (Phi) is 5.01. The molecule has 0 heterocycles. The van der Waals surface area contributed by atoms with Gasteiger partial charge in [-0.2, -0.15) is 0 Å². The topological polar surface area (TPSA) is 17.1 Å². The Morgan fingerprint density at radius 3 is 2.38 bits per heavy atom. The van der Waals surface area contributed by atoms with Gasteiger partial charge >= 0.3 is 0 Å². The molecule has 0 aromatic carbocycles. The van der Waals surface area contributed by atoms with Gasteiger partial charge in [-0.15, -0.1) is 11.6 Å². The van der Waals surface area contributed by atoms with Crippen LogP contribution in [-0.2, 0) is 4.79 Å². The van der Waals surface area contributed by atoms with Crippen molar-refractivity contribution in [2.24, 2.45) is 0 Å². The van der Waals surface area contributed by atoms with E-state index in [0.29, 0.717) is 11.8 Å². The fourth-order valence-electron chi connectivity index (χ4n) is 0.209. The van der Waals surface area contributed by atoms with Crippen molar-refractivity contribution >= 4 is 44.4 Å². The standard InChI is InChI=1S/C4H5BrCl2O/c5-2-1-3(6)4(7)8/h3H,1-2H2. The van der Waals surface area contributed by atoms with Crippen molar-refractivity contribution in [3.05, 3.63) is 0 Å². The molecule has 48 valence electrons. The van der Waals surface area contributed by atoms with Crippen LogP contribution in [0.25, 0.3) is 0 Å². The molecule has 1 unspecified atom stereocenters. The molecule has 1 atom stereocenters. The Balaban J connectivity index is 3.32. The van der Waals surface area contributed by atoms with Crippen LogP contribution >= 0.6 is 39.1 Å². The monoisotopic (exact) mass is 218 g/mol. The number of carbonyl (C=O) groups excluding carboxylic acids is 1. The summed E-state index contributed by atoms with van der Waals surface area (Å²) in [5.41, 5.74) is 0. The zero-order valence-electron chi connectivity index (χ0n) is 4.03. The molecule has 0 spiro atoms. The first-order chi connectivity index (χ1) is 3.68. The summed E-state index contributed by atoms with van der Waals surface area (Å²) in [6.07, 6.45) is 0.587. The molecule has 0 N–H and O–H groups in total. The molecule has 4 heteroatoms. The van der Waals surface area contributed by atoms with Crippen LogP contribution in [0.2, 0.25) is 0 Å². The second-order valence-corrected chi connectivity index (χ2v) is 2.94. The number of hydrogen-bond donors (Lipinski definition) is 0. The first-order valence-corrected chi connectivity index (χ1v) is 4.01. The third kappa shape index (κ3) is 3.70. The third-order valence-electron chi connectivity index (χ3n) is 0.609. The molecule has 0 saturated heterocycles. The normalized spacial score (nSPS) is 13.4. The summed E-state index contributed by atoms with van der Waals surface area (Å²) in [4.78, 5) is 10.1. The maximum atomic E-state index is 10.1. The molecule has 0 aliphatic heterocycles. The van der Waals surface area contributed by atoms with Crippen molar-refractivity contribution in [1.82, 2.24) is 0 Å². The second-order valence-electron chi connectivity index (χ2n) is 1.25. The Bertz CT molecular complexity index is 86.1. The maximum absolute atomic E-state index is 10.1. The smallest absolute Gasteiger partial charge is 0.239 e. The van der Waals surface area contributed by atoms with Crippen molar-refractivity contribution in [3.63, 3.8) is 0 Å². The molecule has 0 aliphatic carbocycles. The minimum atomic E-state index is -0.531. The Labute approximate surface area is 66.5 Å². The predicted octanol–water partition coefficient (Wildman–Crippen LogP) is 2.14. The summed E-state index contributed by atoms with van der Waals surface area (Å²) in [6, 6.07) is 0.